The number of imide groups is 2. The molecular weight excluding hydrogens is 1410 g/mol. The number of hydrogen-bond acceptors (Lipinski definition) is 14. The van der Waals surface area contributed by atoms with Crippen molar-refractivity contribution < 1.29 is 66.8 Å². The van der Waals surface area contributed by atoms with Gasteiger partial charge in [0.2, 0.25) is 11.8 Å². The molecule has 0 saturated heterocycles. The van der Waals surface area contributed by atoms with Gasteiger partial charge in [0.05, 0.1) is 22.3 Å². The molecule has 18 heteroatoms. The number of anilines is 2. The molecule has 0 spiro atoms. The van der Waals surface area contributed by atoms with Crippen molar-refractivity contribution >= 4 is 102 Å². The van der Waals surface area contributed by atoms with Gasteiger partial charge in [0.25, 0.3) is 23.6 Å². The third-order valence-corrected chi connectivity index (χ3v) is 21.0. The summed E-state index contributed by atoms with van der Waals surface area (Å²) in [6.07, 6.45) is 2.85. The van der Waals surface area contributed by atoms with Gasteiger partial charge in [-0.3, -0.25) is 38.6 Å². The van der Waals surface area contributed by atoms with Crippen LogP contribution in [-0.4, -0.2) is 83.4 Å². The van der Waals surface area contributed by atoms with Crippen LogP contribution in [0.4, 0.5) is 11.4 Å². The number of nitrogens with zero attached hydrogens (tertiary/aromatic N) is 4. The largest absolute Gasteiger partial charge is 0.457 e. The molecule has 18 nitrogen and oxygen atoms in total. The second kappa shape index (κ2) is 29.8. The normalized spacial score (nSPS) is 13.7. The van der Waals surface area contributed by atoms with Gasteiger partial charge in [-0.15, -0.1) is 0 Å². The van der Waals surface area contributed by atoms with E-state index in [0.717, 1.165) is 44.2 Å². The quantitative estimate of drug-likeness (QED) is 0.0155. The highest BCUT2D eigenvalue weighted by molar-refractivity contribution is 6.45. The zero-order valence-corrected chi connectivity index (χ0v) is 66.2. The van der Waals surface area contributed by atoms with E-state index in [2.05, 4.69) is 96.2 Å². The van der Waals surface area contributed by atoms with E-state index in [4.69, 9.17) is 28.4 Å². The number of fused-ring (bicyclic) bond motifs is 2. The Morgan fingerprint density at radius 2 is 0.571 bits per heavy atom. The average Bonchev–Trinajstić information content (AvgIpc) is 0.669. The van der Waals surface area contributed by atoms with Crippen LogP contribution in [0.2, 0.25) is 0 Å². The summed E-state index contributed by atoms with van der Waals surface area (Å²) in [5.41, 5.74) is 3.53. The van der Waals surface area contributed by atoms with E-state index in [1.165, 1.54) is 34.1 Å². The number of likely N-dealkylation sites (N-methyl/N-ethyl adjacent to an activating group) is 2. The van der Waals surface area contributed by atoms with Crippen molar-refractivity contribution in [1.29, 1.82) is 0 Å². The molecule has 6 amide bonds. The summed E-state index contributed by atoms with van der Waals surface area (Å²) in [5, 5.41) is 1.94. The lowest BCUT2D eigenvalue weighted by Gasteiger charge is -2.37. The molecule has 0 aromatic heterocycles. The number of rotatable bonds is 22. The van der Waals surface area contributed by atoms with E-state index >= 15 is 28.8 Å². The number of carbonyl (C=O) groups excluding carboxylic acids is 8. The zero-order chi connectivity index (χ0) is 80.5. The van der Waals surface area contributed by atoms with E-state index in [1.54, 1.807) is 62.6 Å². The molecule has 112 heavy (non-hydrogen) atoms. The van der Waals surface area contributed by atoms with Crippen molar-refractivity contribution in [1.82, 2.24) is 9.80 Å². The van der Waals surface area contributed by atoms with Crippen LogP contribution in [0.1, 0.15) is 186 Å². The Labute approximate surface area is 652 Å². The minimum atomic E-state index is -1.40. The highest BCUT2D eigenvalue weighted by atomic mass is 16.5. The summed E-state index contributed by atoms with van der Waals surface area (Å²) < 4.78 is 40.2. The van der Waals surface area contributed by atoms with Crippen LogP contribution in [0.5, 0.6) is 57.5 Å². The van der Waals surface area contributed by atoms with Crippen LogP contribution in [0.15, 0.2) is 195 Å². The highest BCUT2D eigenvalue weighted by Gasteiger charge is 2.47. The van der Waals surface area contributed by atoms with Gasteiger partial charge in [0.1, 0.15) is 69.6 Å². The van der Waals surface area contributed by atoms with Crippen molar-refractivity contribution in [2.75, 3.05) is 23.9 Å². The number of ether oxygens (including phenoxy) is 6. The van der Waals surface area contributed by atoms with Gasteiger partial charge in [-0.05, 0) is 178 Å². The van der Waals surface area contributed by atoms with Crippen LogP contribution >= 0.6 is 0 Å². The SMILES string of the molecule is C=CC(=O)Oc1ccc(N(C)C(=O)C(CCC)N2C(=O)c3cc(Oc4ccc(C(C)(C)C)cc4)c4c5c(Oc6ccc(C(C)(C)C)cc6)cc6c7c(cc(Oc8ccc(C(C)(C)C)cc8)c(c8c(Oc9ccc(C(C)(C)C)cc9)cc(c3c48)C2=O)c75)C(=O)N(C(CCC)C(=O)N(C)c2ccc(OC(=O)C=C)cc2)C6=O)cc1. The summed E-state index contributed by atoms with van der Waals surface area (Å²) in [6.45, 7) is 35.9. The van der Waals surface area contributed by atoms with Gasteiger partial charge >= 0.3 is 11.9 Å². The molecule has 0 saturated carbocycles. The molecule has 0 aliphatic carbocycles. The first kappa shape index (κ1) is 77.7. The molecule has 11 aromatic rings. The Balaban J connectivity index is 1.16. The standard InChI is InChI=1S/C94H92N4O14/c1-19-23-69(89(105)95(17)57-33-45-63(46-34-57)111-75(99)21-3)97-85(101)65-49-71(107-59-37-25-53(26-38-59)91(5,6)7)79-81-73(109-61-41-29-55(30-42-61)93(11,12)13)51-67-78-68(88(104)98(87(67)103)70(24-20-2)90(106)96(18)58-35-47-64(48-36-58)112-76(100)22-4)52-74(110-62-43-31-56(32-44-62)94(14,15)16)82(84(78)81)80-72(50-66(86(97)102)77(65)83(79)80)108-60-39-27-54(28-40-60)92(8,9)10/h21-22,25-52,69-70H,3-4,19-20,23-24H2,1-2,5-18H3. The van der Waals surface area contributed by atoms with Gasteiger partial charge in [0, 0.05) is 80.7 Å². The number of hydrogen-bond donors (Lipinski definition) is 0. The van der Waals surface area contributed by atoms with Crippen LogP contribution in [0.3, 0.4) is 0 Å². The molecule has 0 N–H and O–H groups in total. The summed E-state index contributed by atoms with van der Waals surface area (Å²) >= 11 is 0. The Kier molecular flexibility index (Phi) is 20.6. The fourth-order valence-electron chi connectivity index (χ4n) is 14.8. The predicted molar refractivity (Wildman–Crippen MR) is 438 cm³/mol. The smallest absolute Gasteiger partial charge is 0.335 e. The fourth-order valence-corrected chi connectivity index (χ4v) is 14.8. The fraction of sp³-hybridized carbons (Fsp3) is 0.277. The first-order valence-corrected chi connectivity index (χ1v) is 37.7. The summed E-state index contributed by atoms with van der Waals surface area (Å²) in [5.74, 6) is -3.75. The lowest BCUT2D eigenvalue weighted by molar-refractivity contribution is -0.129. The van der Waals surface area contributed by atoms with Crippen molar-refractivity contribution in [2.24, 2.45) is 0 Å². The molecule has 0 bridgehead atoms. The monoisotopic (exact) mass is 1500 g/mol. The van der Waals surface area contributed by atoms with Crippen LogP contribution in [0, 0.1) is 0 Å². The maximum absolute atomic E-state index is 16.6. The molecule has 0 radical (unpaired) electrons. The molecule has 2 atom stereocenters. The molecule has 2 aliphatic heterocycles. The van der Waals surface area contributed by atoms with Gasteiger partial charge in [0.15, 0.2) is 0 Å². The maximum atomic E-state index is 16.6. The molecule has 2 aliphatic rings. The van der Waals surface area contributed by atoms with E-state index in [9.17, 15) is 9.59 Å². The van der Waals surface area contributed by atoms with Crippen molar-refractivity contribution in [3.63, 3.8) is 0 Å². The molecule has 572 valence electrons. The molecular formula is C94H92N4O14. The molecule has 0 fully saturated rings. The number of esters is 2. The van der Waals surface area contributed by atoms with Crippen molar-refractivity contribution in [3.8, 4) is 57.5 Å². The topological polar surface area (TPSA) is 205 Å². The molecule has 13 rings (SSSR count). The zero-order valence-electron chi connectivity index (χ0n) is 66.2. The van der Waals surface area contributed by atoms with E-state index in [0.29, 0.717) is 47.2 Å². The van der Waals surface area contributed by atoms with Gasteiger partial charge in [-0.1, -0.05) is 171 Å². The van der Waals surface area contributed by atoms with E-state index in [-0.39, 0.29) is 134 Å². The maximum Gasteiger partial charge on any atom is 0.335 e. The summed E-state index contributed by atoms with van der Waals surface area (Å²) in [6, 6.07) is 46.4. The van der Waals surface area contributed by atoms with E-state index < -0.39 is 59.5 Å². The Morgan fingerprint density at radius 1 is 0.348 bits per heavy atom. The van der Waals surface area contributed by atoms with Crippen LogP contribution < -0.4 is 38.2 Å². The third-order valence-electron chi connectivity index (χ3n) is 21.0. The van der Waals surface area contributed by atoms with Gasteiger partial charge in [-0.2, -0.15) is 0 Å². The highest BCUT2D eigenvalue weighted by Crippen LogP contribution is 2.59. The Morgan fingerprint density at radius 3 is 0.777 bits per heavy atom. The minimum Gasteiger partial charge on any atom is -0.457 e. The molecule has 2 heterocycles. The second-order valence-corrected chi connectivity index (χ2v) is 32.8. The predicted octanol–water partition coefficient (Wildman–Crippen LogP) is 21.1. The molecule has 11 aromatic carbocycles. The first-order valence-electron chi connectivity index (χ1n) is 37.7. The Hall–Kier alpha value is -12.4. The average molecular weight is 1500 g/mol. The summed E-state index contributed by atoms with van der Waals surface area (Å²) in [4.78, 5) is 127. The van der Waals surface area contributed by atoms with Gasteiger partial charge < -0.3 is 38.2 Å². The number of amides is 6. The van der Waals surface area contributed by atoms with Crippen molar-refractivity contribution in [2.45, 2.75) is 156 Å². The second-order valence-electron chi connectivity index (χ2n) is 32.8. The minimum absolute atomic E-state index is 0.0128. The van der Waals surface area contributed by atoms with Crippen molar-refractivity contribution in [3.05, 3.63) is 240 Å². The summed E-state index contributed by atoms with van der Waals surface area (Å²) in [7, 11) is 3.09. The number of carbonyl (C=O) groups is 8. The van der Waals surface area contributed by atoms with Crippen LogP contribution in [-0.2, 0) is 40.8 Å². The van der Waals surface area contributed by atoms with E-state index in [1.807, 2.05) is 111 Å². The third kappa shape index (κ3) is 14.6. The lowest BCUT2D eigenvalue weighted by Crippen LogP contribution is -2.54. The van der Waals surface area contributed by atoms with Gasteiger partial charge in [-0.25, -0.2) is 9.59 Å². The van der Waals surface area contributed by atoms with Crippen LogP contribution in [0.25, 0.3) is 43.1 Å². The first-order chi connectivity index (χ1) is 53.0. The number of benzene rings is 11. The Bertz CT molecular complexity index is 5040. The molecule has 2 unspecified atom stereocenters. The lowest BCUT2D eigenvalue weighted by atomic mass is 9.80.